The van der Waals surface area contributed by atoms with Crippen LogP contribution in [0.1, 0.15) is 5.56 Å². The van der Waals surface area contributed by atoms with Crippen molar-refractivity contribution in [3.8, 4) is 0 Å². The molecule has 0 unspecified atom stereocenters. The summed E-state index contributed by atoms with van der Waals surface area (Å²) in [6.07, 6.45) is 2.18. The van der Waals surface area contributed by atoms with Gasteiger partial charge in [0.1, 0.15) is 17.8 Å². The lowest BCUT2D eigenvalue weighted by Crippen LogP contribution is -1.95. The lowest BCUT2D eigenvalue weighted by molar-refractivity contribution is 0.623. The number of nitrogens with zero attached hydrogens (tertiary/aromatic N) is 3. The normalized spacial score (nSPS) is 10.6. The molecule has 0 atom stereocenters. The molecule has 13 heavy (non-hydrogen) atoms. The summed E-state index contributed by atoms with van der Waals surface area (Å²) >= 11 is 0. The number of aliphatic imine (C=N–C) groups is 2. The Hall–Kier alpha value is -1.78. The van der Waals surface area contributed by atoms with E-state index in [-0.39, 0.29) is 11.5 Å². The van der Waals surface area contributed by atoms with Crippen LogP contribution in [0.15, 0.2) is 16.2 Å². The fraction of sp³-hybridized carbons (Fsp3) is 0.125. The van der Waals surface area contributed by atoms with E-state index in [1.54, 1.807) is 6.92 Å². The standard InChI is InChI=1S/C8H9FN4/c1-5-7(13-4-11-2)6(9)3-12-8(5)10/h3-4H,2H2,1H3,(H2,10,12)/b13-4-. The fourth-order valence-electron chi connectivity index (χ4n) is 0.842. The van der Waals surface area contributed by atoms with Gasteiger partial charge in [0.2, 0.25) is 0 Å². The van der Waals surface area contributed by atoms with E-state index in [0.29, 0.717) is 5.56 Å². The maximum Gasteiger partial charge on any atom is 0.167 e. The van der Waals surface area contributed by atoms with Crippen molar-refractivity contribution >= 4 is 24.6 Å². The van der Waals surface area contributed by atoms with Crippen LogP contribution in [0.3, 0.4) is 0 Å². The van der Waals surface area contributed by atoms with Gasteiger partial charge in [-0.05, 0) is 13.6 Å². The van der Waals surface area contributed by atoms with Gasteiger partial charge in [-0.2, -0.15) is 0 Å². The first-order chi connectivity index (χ1) is 6.16. The zero-order chi connectivity index (χ0) is 9.84. The molecular formula is C8H9FN4. The molecule has 0 saturated heterocycles. The summed E-state index contributed by atoms with van der Waals surface area (Å²) in [4.78, 5) is 10.7. The van der Waals surface area contributed by atoms with Crippen LogP contribution in [0.5, 0.6) is 0 Å². The molecular weight excluding hydrogens is 171 g/mol. The van der Waals surface area contributed by atoms with Gasteiger partial charge >= 0.3 is 0 Å². The third kappa shape index (κ3) is 1.87. The van der Waals surface area contributed by atoms with Crippen LogP contribution in [-0.4, -0.2) is 18.0 Å². The van der Waals surface area contributed by atoms with E-state index < -0.39 is 5.82 Å². The van der Waals surface area contributed by atoms with Crippen molar-refractivity contribution in [2.45, 2.75) is 6.92 Å². The molecule has 0 aliphatic carbocycles. The highest BCUT2D eigenvalue weighted by molar-refractivity contribution is 5.69. The molecule has 1 aromatic heterocycles. The van der Waals surface area contributed by atoms with Crippen molar-refractivity contribution in [3.63, 3.8) is 0 Å². The highest BCUT2D eigenvalue weighted by Gasteiger charge is 2.07. The Labute approximate surface area is 75.0 Å². The predicted molar refractivity (Wildman–Crippen MR) is 51.0 cm³/mol. The number of rotatable bonds is 2. The average molecular weight is 180 g/mol. The second-order valence-electron chi connectivity index (χ2n) is 2.39. The predicted octanol–water partition coefficient (Wildman–Crippen LogP) is 1.47. The Kier molecular flexibility index (Phi) is 2.69. The first kappa shape index (κ1) is 9.31. The lowest BCUT2D eigenvalue weighted by atomic mass is 10.2. The molecule has 0 spiro atoms. The Bertz CT molecular complexity index is 359. The molecule has 2 N–H and O–H groups in total. The van der Waals surface area contributed by atoms with Crippen LogP contribution in [0.25, 0.3) is 0 Å². The number of anilines is 1. The number of hydrogen-bond acceptors (Lipinski definition) is 3. The third-order valence-electron chi connectivity index (χ3n) is 1.55. The van der Waals surface area contributed by atoms with Gasteiger partial charge in [0.15, 0.2) is 5.82 Å². The monoisotopic (exact) mass is 180 g/mol. The van der Waals surface area contributed by atoms with Crippen molar-refractivity contribution in [2.75, 3.05) is 5.73 Å². The van der Waals surface area contributed by atoms with E-state index >= 15 is 0 Å². The molecule has 4 nitrogen and oxygen atoms in total. The number of pyridine rings is 1. The molecule has 0 bridgehead atoms. The molecule has 5 heteroatoms. The summed E-state index contributed by atoms with van der Waals surface area (Å²) in [7, 11) is 0. The van der Waals surface area contributed by atoms with Crippen LogP contribution < -0.4 is 5.73 Å². The largest absolute Gasteiger partial charge is 0.383 e. The topological polar surface area (TPSA) is 63.6 Å². The molecule has 0 amide bonds. The quantitative estimate of drug-likeness (QED) is 0.553. The molecule has 1 heterocycles. The molecule has 0 saturated carbocycles. The Balaban J connectivity index is 3.25. The van der Waals surface area contributed by atoms with E-state index in [1.165, 1.54) is 0 Å². The van der Waals surface area contributed by atoms with Crippen molar-refractivity contribution in [3.05, 3.63) is 17.6 Å². The number of nitrogens with two attached hydrogens (primary N) is 1. The molecule has 0 fully saturated rings. The van der Waals surface area contributed by atoms with Gasteiger partial charge in [0.05, 0.1) is 6.20 Å². The Morgan fingerprint density at radius 1 is 1.69 bits per heavy atom. The van der Waals surface area contributed by atoms with Gasteiger partial charge in [-0.1, -0.05) is 0 Å². The number of hydrogen-bond donors (Lipinski definition) is 1. The summed E-state index contributed by atoms with van der Waals surface area (Å²) in [5.41, 5.74) is 6.12. The van der Waals surface area contributed by atoms with E-state index in [9.17, 15) is 4.39 Å². The second-order valence-corrected chi connectivity index (χ2v) is 2.39. The number of nitrogen functional groups attached to an aromatic ring is 1. The maximum absolute atomic E-state index is 13.1. The van der Waals surface area contributed by atoms with Crippen molar-refractivity contribution in [1.29, 1.82) is 0 Å². The van der Waals surface area contributed by atoms with E-state index in [1.807, 2.05) is 0 Å². The summed E-state index contributed by atoms with van der Waals surface area (Å²) in [5, 5.41) is 0. The molecule has 0 aliphatic heterocycles. The highest BCUT2D eigenvalue weighted by atomic mass is 19.1. The minimum absolute atomic E-state index is 0.153. The zero-order valence-corrected chi connectivity index (χ0v) is 7.16. The second kappa shape index (κ2) is 3.75. The summed E-state index contributed by atoms with van der Waals surface area (Å²) in [6.45, 7) is 4.83. The van der Waals surface area contributed by atoms with Gasteiger partial charge in [-0.25, -0.2) is 14.4 Å². The number of halogens is 1. The van der Waals surface area contributed by atoms with Gasteiger partial charge in [0, 0.05) is 5.56 Å². The highest BCUT2D eigenvalue weighted by Crippen LogP contribution is 2.24. The van der Waals surface area contributed by atoms with Gasteiger partial charge < -0.3 is 5.73 Å². The summed E-state index contributed by atoms with van der Waals surface area (Å²) in [5.74, 6) is -0.260. The van der Waals surface area contributed by atoms with E-state index in [0.717, 1.165) is 12.5 Å². The molecule has 0 aromatic carbocycles. The third-order valence-corrected chi connectivity index (χ3v) is 1.55. The first-order valence-corrected chi connectivity index (χ1v) is 3.55. The van der Waals surface area contributed by atoms with Crippen molar-refractivity contribution < 1.29 is 4.39 Å². The molecule has 1 aromatic rings. The Morgan fingerprint density at radius 2 is 2.38 bits per heavy atom. The summed E-state index contributed by atoms with van der Waals surface area (Å²) < 4.78 is 13.1. The fourth-order valence-corrected chi connectivity index (χ4v) is 0.842. The van der Waals surface area contributed by atoms with Crippen molar-refractivity contribution in [1.82, 2.24) is 4.98 Å². The molecule has 0 aliphatic rings. The van der Waals surface area contributed by atoms with Crippen LogP contribution in [0.2, 0.25) is 0 Å². The molecule has 0 radical (unpaired) electrons. The van der Waals surface area contributed by atoms with Crippen molar-refractivity contribution in [2.24, 2.45) is 9.98 Å². The minimum atomic E-state index is -0.522. The average Bonchev–Trinajstić information content (AvgIpc) is 2.12. The molecule has 1 rings (SSSR count). The van der Waals surface area contributed by atoms with Gasteiger partial charge in [-0.15, -0.1) is 0 Å². The summed E-state index contributed by atoms with van der Waals surface area (Å²) in [6, 6.07) is 0. The smallest absolute Gasteiger partial charge is 0.167 e. The lowest BCUT2D eigenvalue weighted by Gasteiger charge is -2.02. The van der Waals surface area contributed by atoms with Gasteiger partial charge in [0.25, 0.3) is 0 Å². The Morgan fingerprint density at radius 3 is 3.00 bits per heavy atom. The first-order valence-electron chi connectivity index (χ1n) is 3.55. The van der Waals surface area contributed by atoms with E-state index in [2.05, 4.69) is 21.7 Å². The van der Waals surface area contributed by atoms with Crippen LogP contribution in [-0.2, 0) is 0 Å². The van der Waals surface area contributed by atoms with Crippen LogP contribution in [0, 0.1) is 12.7 Å². The molecule has 68 valence electrons. The van der Waals surface area contributed by atoms with Gasteiger partial charge in [-0.3, -0.25) is 4.99 Å². The number of aromatic nitrogens is 1. The zero-order valence-electron chi connectivity index (χ0n) is 7.16. The SMILES string of the molecule is C=N/C=N\c1c(F)cnc(N)c1C. The van der Waals surface area contributed by atoms with Crippen LogP contribution >= 0.6 is 0 Å². The van der Waals surface area contributed by atoms with E-state index in [4.69, 9.17) is 5.73 Å². The maximum atomic E-state index is 13.1. The minimum Gasteiger partial charge on any atom is -0.383 e. The van der Waals surface area contributed by atoms with Crippen LogP contribution in [0.4, 0.5) is 15.9 Å².